The standard InChI is InChI=1S/C13H16N2O/c1-10-7-13(11(2)16-10)9-15-8-12-3-5-14-6-4-12/h3-7,15H,8-9H2,1-2H3. The summed E-state index contributed by atoms with van der Waals surface area (Å²) in [6.07, 6.45) is 3.62. The van der Waals surface area contributed by atoms with Crippen LogP contribution in [-0.2, 0) is 13.1 Å². The Labute approximate surface area is 95.5 Å². The van der Waals surface area contributed by atoms with Crippen LogP contribution < -0.4 is 5.32 Å². The fraction of sp³-hybridized carbons (Fsp3) is 0.308. The van der Waals surface area contributed by atoms with E-state index in [0.29, 0.717) is 0 Å². The van der Waals surface area contributed by atoms with Crippen molar-refractivity contribution >= 4 is 0 Å². The molecule has 1 N–H and O–H groups in total. The SMILES string of the molecule is Cc1cc(CNCc2ccncc2)c(C)o1. The molecular formula is C13H16N2O. The van der Waals surface area contributed by atoms with E-state index >= 15 is 0 Å². The summed E-state index contributed by atoms with van der Waals surface area (Å²) in [6.45, 7) is 5.66. The zero-order valence-electron chi connectivity index (χ0n) is 9.66. The quantitative estimate of drug-likeness (QED) is 0.853. The lowest BCUT2D eigenvalue weighted by Crippen LogP contribution is -2.12. The van der Waals surface area contributed by atoms with Crippen LogP contribution in [0.1, 0.15) is 22.6 Å². The van der Waals surface area contributed by atoms with Gasteiger partial charge in [0.25, 0.3) is 0 Å². The van der Waals surface area contributed by atoms with Crippen LogP contribution in [0.3, 0.4) is 0 Å². The fourth-order valence-corrected chi connectivity index (χ4v) is 1.70. The van der Waals surface area contributed by atoms with Crippen molar-refractivity contribution in [2.24, 2.45) is 0 Å². The lowest BCUT2D eigenvalue weighted by Gasteiger charge is -2.03. The first-order chi connectivity index (χ1) is 7.75. The molecule has 0 fully saturated rings. The first kappa shape index (κ1) is 10.9. The topological polar surface area (TPSA) is 38.1 Å². The second-order valence-corrected chi connectivity index (χ2v) is 3.90. The van der Waals surface area contributed by atoms with Crippen LogP contribution in [0, 0.1) is 13.8 Å². The number of aryl methyl sites for hydroxylation is 2. The molecule has 0 saturated heterocycles. The largest absolute Gasteiger partial charge is 0.466 e. The van der Waals surface area contributed by atoms with E-state index in [-0.39, 0.29) is 0 Å². The molecule has 0 atom stereocenters. The highest BCUT2D eigenvalue weighted by Gasteiger charge is 2.03. The van der Waals surface area contributed by atoms with Gasteiger partial charge in [-0.25, -0.2) is 0 Å². The van der Waals surface area contributed by atoms with Crippen LogP contribution in [0.5, 0.6) is 0 Å². The van der Waals surface area contributed by atoms with Crippen molar-refractivity contribution in [1.29, 1.82) is 0 Å². The summed E-state index contributed by atoms with van der Waals surface area (Å²) in [5.74, 6) is 1.97. The minimum Gasteiger partial charge on any atom is -0.466 e. The molecule has 0 aliphatic carbocycles. The van der Waals surface area contributed by atoms with Gasteiger partial charge in [0.15, 0.2) is 0 Å². The van der Waals surface area contributed by atoms with Crippen molar-refractivity contribution in [3.05, 3.63) is 53.2 Å². The minimum atomic E-state index is 0.839. The Morgan fingerprint density at radius 3 is 2.56 bits per heavy atom. The van der Waals surface area contributed by atoms with Gasteiger partial charge in [0, 0.05) is 31.0 Å². The van der Waals surface area contributed by atoms with E-state index in [1.165, 1.54) is 11.1 Å². The summed E-state index contributed by atoms with van der Waals surface area (Å²) < 4.78 is 5.47. The summed E-state index contributed by atoms with van der Waals surface area (Å²) in [4.78, 5) is 3.99. The van der Waals surface area contributed by atoms with Gasteiger partial charge in [0.1, 0.15) is 11.5 Å². The molecular weight excluding hydrogens is 200 g/mol. The Bertz CT molecular complexity index is 448. The van der Waals surface area contributed by atoms with Crippen LogP contribution in [-0.4, -0.2) is 4.98 Å². The van der Waals surface area contributed by atoms with E-state index in [1.807, 2.05) is 38.4 Å². The lowest BCUT2D eigenvalue weighted by atomic mass is 10.2. The van der Waals surface area contributed by atoms with E-state index in [2.05, 4.69) is 16.4 Å². The average Bonchev–Trinajstić information content (AvgIpc) is 2.59. The summed E-state index contributed by atoms with van der Waals surface area (Å²) >= 11 is 0. The zero-order valence-corrected chi connectivity index (χ0v) is 9.66. The highest BCUT2D eigenvalue weighted by molar-refractivity contribution is 5.20. The average molecular weight is 216 g/mol. The third kappa shape index (κ3) is 2.70. The molecule has 2 aromatic rings. The van der Waals surface area contributed by atoms with E-state index < -0.39 is 0 Å². The Morgan fingerprint density at radius 2 is 1.94 bits per heavy atom. The minimum absolute atomic E-state index is 0.839. The highest BCUT2D eigenvalue weighted by atomic mass is 16.3. The van der Waals surface area contributed by atoms with Crippen molar-refractivity contribution in [2.75, 3.05) is 0 Å². The second-order valence-electron chi connectivity index (χ2n) is 3.90. The molecule has 84 valence electrons. The molecule has 0 spiro atoms. The van der Waals surface area contributed by atoms with Gasteiger partial charge in [-0.3, -0.25) is 4.98 Å². The Morgan fingerprint density at radius 1 is 1.19 bits per heavy atom. The third-order valence-corrected chi connectivity index (χ3v) is 2.54. The number of furan rings is 1. The molecule has 0 aliphatic heterocycles. The molecule has 16 heavy (non-hydrogen) atoms. The second kappa shape index (κ2) is 4.94. The molecule has 0 amide bonds. The van der Waals surface area contributed by atoms with E-state index in [9.17, 15) is 0 Å². The number of pyridine rings is 1. The van der Waals surface area contributed by atoms with Crippen molar-refractivity contribution in [2.45, 2.75) is 26.9 Å². The Balaban J connectivity index is 1.87. The monoisotopic (exact) mass is 216 g/mol. The van der Waals surface area contributed by atoms with Gasteiger partial charge in [0.05, 0.1) is 0 Å². The smallest absolute Gasteiger partial charge is 0.105 e. The predicted molar refractivity (Wildman–Crippen MR) is 63.0 cm³/mol. The molecule has 2 heterocycles. The molecule has 2 rings (SSSR count). The molecule has 2 aromatic heterocycles. The van der Waals surface area contributed by atoms with Crippen molar-refractivity contribution in [1.82, 2.24) is 10.3 Å². The summed E-state index contributed by atoms with van der Waals surface area (Å²) in [7, 11) is 0. The van der Waals surface area contributed by atoms with Gasteiger partial charge in [-0.05, 0) is 37.6 Å². The van der Waals surface area contributed by atoms with Crippen LogP contribution in [0.25, 0.3) is 0 Å². The van der Waals surface area contributed by atoms with Crippen LogP contribution in [0.15, 0.2) is 35.0 Å². The maximum atomic E-state index is 5.47. The van der Waals surface area contributed by atoms with Crippen molar-refractivity contribution in [3.8, 4) is 0 Å². The molecule has 0 radical (unpaired) electrons. The van der Waals surface area contributed by atoms with Gasteiger partial charge in [0.2, 0.25) is 0 Å². The number of nitrogens with zero attached hydrogens (tertiary/aromatic N) is 1. The zero-order chi connectivity index (χ0) is 11.4. The number of nitrogens with one attached hydrogen (secondary N) is 1. The molecule has 0 bridgehead atoms. The molecule has 0 saturated carbocycles. The molecule has 3 nitrogen and oxygen atoms in total. The number of hydrogen-bond donors (Lipinski definition) is 1. The summed E-state index contributed by atoms with van der Waals surface area (Å²) in [5.41, 5.74) is 2.47. The maximum Gasteiger partial charge on any atom is 0.105 e. The van der Waals surface area contributed by atoms with E-state index in [4.69, 9.17) is 4.42 Å². The summed E-state index contributed by atoms with van der Waals surface area (Å²) in [6, 6.07) is 6.11. The van der Waals surface area contributed by atoms with Gasteiger partial charge in [-0.15, -0.1) is 0 Å². The Kier molecular flexibility index (Phi) is 3.37. The summed E-state index contributed by atoms with van der Waals surface area (Å²) in [5, 5.41) is 3.38. The van der Waals surface area contributed by atoms with E-state index in [1.54, 1.807) is 0 Å². The fourth-order valence-electron chi connectivity index (χ4n) is 1.70. The number of aromatic nitrogens is 1. The van der Waals surface area contributed by atoms with Crippen LogP contribution in [0.4, 0.5) is 0 Å². The van der Waals surface area contributed by atoms with Gasteiger partial charge in [-0.1, -0.05) is 0 Å². The van der Waals surface area contributed by atoms with Gasteiger partial charge < -0.3 is 9.73 Å². The molecule has 0 aliphatic rings. The molecule has 3 heteroatoms. The van der Waals surface area contributed by atoms with Crippen molar-refractivity contribution < 1.29 is 4.42 Å². The lowest BCUT2D eigenvalue weighted by molar-refractivity contribution is 0.499. The third-order valence-electron chi connectivity index (χ3n) is 2.54. The van der Waals surface area contributed by atoms with Gasteiger partial charge >= 0.3 is 0 Å². The number of hydrogen-bond acceptors (Lipinski definition) is 3. The molecule has 0 unspecified atom stereocenters. The first-order valence-corrected chi connectivity index (χ1v) is 5.41. The Hall–Kier alpha value is -1.61. The highest BCUT2D eigenvalue weighted by Crippen LogP contribution is 2.13. The number of rotatable bonds is 4. The normalized spacial score (nSPS) is 10.6. The molecule has 0 aromatic carbocycles. The van der Waals surface area contributed by atoms with E-state index in [0.717, 1.165) is 24.6 Å². The maximum absolute atomic E-state index is 5.47. The van der Waals surface area contributed by atoms with Gasteiger partial charge in [-0.2, -0.15) is 0 Å². The van der Waals surface area contributed by atoms with Crippen LogP contribution >= 0.6 is 0 Å². The first-order valence-electron chi connectivity index (χ1n) is 5.41. The van der Waals surface area contributed by atoms with Crippen LogP contribution in [0.2, 0.25) is 0 Å². The predicted octanol–water partition coefficient (Wildman–Crippen LogP) is 2.58. The van der Waals surface area contributed by atoms with Crippen molar-refractivity contribution in [3.63, 3.8) is 0 Å².